The lowest BCUT2D eigenvalue weighted by atomic mass is 9.91. The van der Waals surface area contributed by atoms with Crippen LogP contribution in [-0.4, -0.2) is 42.7 Å². The van der Waals surface area contributed by atoms with Gasteiger partial charge in [-0.2, -0.15) is 0 Å². The van der Waals surface area contributed by atoms with Crippen molar-refractivity contribution in [2.45, 2.75) is 64.1 Å². The van der Waals surface area contributed by atoms with Crippen molar-refractivity contribution >= 4 is 0 Å². The molecule has 0 radical (unpaired) electrons. The lowest BCUT2D eigenvalue weighted by Crippen LogP contribution is -2.40. The zero-order valence-corrected chi connectivity index (χ0v) is 11.5. The van der Waals surface area contributed by atoms with Crippen LogP contribution in [-0.2, 0) is 0 Å². The van der Waals surface area contributed by atoms with Gasteiger partial charge in [0, 0.05) is 24.7 Å². The molecular weight excluding hydrogens is 210 g/mol. The number of hydrogen-bond acceptors (Lipinski definition) is 3. The van der Waals surface area contributed by atoms with Gasteiger partial charge < -0.3 is 16.0 Å². The summed E-state index contributed by atoms with van der Waals surface area (Å²) in [5, 5.41) is 3.76. The van der Waals surface area contributed by atoms with E-state index in [1.165, 1.54) is 51.7 Å². The van der Waals surface area contributed by atoms with Gasteiger partial charge >= 0.3 is 0 Å². The second kappa shape index (κ2) is 6.17. The van der Waals surface area contributed by atoms with E-state index in [-0.39, 0.29) is 0 Å². The SMILES string of the molecule is CC(C)N1CCC(CNC2CCC(N)CC2)C1. The molecule has 0 spiro atoms. The summed E-state index contributed by atoms with van der Waals surface area (Å²) in [5.74, 6) is 0.869. The van der Waals surface area contributed by atoms with E-state index in [0.29, 0.717) is 12.1 Å². The summed E-state index contributed by atoms with van der Waals surface area (Å²) >= 11 is 0. The number of likely N-dealkylation sites (tertiary alicyclic amines) is 1. The van der Waals surface area contributed by atoms with Gasteiger partial charge in [-0.25, -0.2) is 0 Å². The van der Waals surface area contributed by atoms with Gasteiger partial charge in [0.05, 0.1) is 0 Å². The monoisotopic (exact) mass is 239 g/mol. The molecule has 100 valence electrons. The molecule has 1 atom stereocenters. The molecule has 2 rings (SSSR count). The molecule has 1 heterocycles. The summed E-state index contributed by atoms with van der Waals surface area (Å²) in [5.41, 5.74) is 5.93. The van der Waals surface area contributed by atoms with E-state index in [2.05, 4.69) is 24.1 Å². The molecule has 0 aromatic carbocycles. The first-order chi connectivity index (χ1) is 8.15. The lowest BCUT2D eigenvalue weighted by Gasteiger charge is -2.28. The topological polar surface area (TPSA) is 41.3 Å². The third-order valence-electron chi connectivity index (χ3n) is 4.51. The van der Waals surface area contributed by atoms with Crippen molar-refractivity contribution in [2.75, 3.05) is 19.6 Å². The molecule has 1 unspecified atom stereocenters. The van der Waals surface area contributed by atoms with Gasteiger partial charge in [-0.3, -0.25) is 0 Å². The number of rotatable bonds is 4. The standard InChI is InChI=1S/C14H29N3/c1-11(2)17-8-7-12(10-17)9-16-14-5-3-13(15)4-6-14/h11-14,16H,3-10,15H2,1-2H3. The number of nitrogens with one attached hydrogen (secondary N) is 1. The van der Waals surface area contributed by atoms with Crippen LogP contribution in [0.1, 0.15) is 46.0 Å². The Balaban J connectivity index is 1.63. The Morgan fingerprint density at radius 1 is 1.18 bits per heavy atom. The lowest BCUT2D eigenvalue weighted by molar-refractivity contribution is 0.259. The highest BCUT2D eigenvalue weighted by molar-refractivity contribution is 4.83. The van der Waals surface area contributed by atoms with E-state index < -0.39 is 0 Å². The third kappa shape index (κ3) is 3.94. The van der Waals surface area contributed by atoms with Gasteiger partial charge in [-0.1, -0.05) is 0 Å². The minimum absolute atomic E-state index is 0.468. The summed E-state index contributed by atoms with van der Waals surface area (Å²) in [6.45, 7) is 8.40. The van der Waals surface area contributed by atoms with Crippen LogP contribution < -0.4 is 11.1 Å². The fourth-order valence-electron chi connectivity index (χ4n) is 3.15. The summed E-state index contributed by atoms with van der Waals surface area (Å²) in [7, 11) is 0. The molecule has 0 aromatic rings. The fraction of sp³-hybridized carbons (Fsp3) is 1.00. The van der Waals surface area contributed by atoms with E-state index in [4.69, 9.17) is 5.73 Å². The molecule has 2 fully saturated rings. The normalized spacial score (nSPS) is 35.6. The molecule has 0 amide bonds. The number of nitrogens with two attached hydrogens (primary N) is 1. The Bertz CT molecular complexity index is 222. The Morgan fingerprint density at radius 2 is 1.88 bits per heavy atom. The van der Waals surface area contributed by atoms with Gasteiger partial charge in [-0.05, 0) is 65.0 Å². The van der Waals surface area contributed by atoms with Crippen LogP contribution in [0.5, 0.6) is 0 Å². The Morgan fingerprint density at radius 3 is 2.47 bits per heavy atom. The Hall–Kier alpha value is -0.120. The van der Waals surface area contributed by atoms with Gasteiger partial charge in [-0.15, -0.1) is 0 Å². The minimum Gasteiger partial charge on any atom is -0.328 e. The molecule has 0 aromatic heterocycles. The van der Waals surface area contributed by atoms with Crippen molar-refractivity contribution < 1.29 is 0 Å². The van der Waals surface area contributed by atoms with E-state index in [1.807, 2.05) is 0 Å². The van der Waals surface area contributed by atoms with Crippen LogP contribution in [0, 0.1) is 5.92 Å². The molecule has 1 aliphatic carbocycles. The first-order valence-electron chi connectivity index (χ1n) is 7.38. The first-order valence-corrected chi connectivity index (χ1v) is 7.38. The van der Waals surface area contributed by atoms with Crippen LogP contribution in [0.2, 0.25) is 0 Å². The van der Waals surface area contributed by atoms with E-state index in [0.717, 1.165) is 12.0 Å². The van der Waals surface area contributed by atoms with E-state index >= 15 is 0 Å². The maximum atomic E-state index is 5.93. The second-order valence-corrected chi connectivity index (χ2v) is 6.26. The highest BCUT2D eigenvalue weighted by Gasteiger charge is 2.25. The number of nitrogens with zero attached hydrogens (tertiary/aromatic N) is 1. The van der Waals surface area contributed by atoms with Crippen LogP contribution in [0.4, 0.5) is 0 Å². The largest absolute Gasteiger partial charge is 0.328 e. The van der Waals surface area contributed by atoms with Crippen molar-refractivity contribution in [2.24, 2.45) is 11.7 Å². The molecule has 2 aliphatic rings. The van der Waals surface area contributed by atoms with Crippen LogP contribution >= 0.6 is 0 Å². The van der Waals surface area contributed by atoms with Crippen molar-refractivity contribution in [1.29, 1.82) is 0 Å². The quantitative estimate of drug-likeness (QED) is 0.782. The van der Waals surface area contributed by atoms with Crippen molar-refractivity contribution in [3.05, 3.63) is 0 Å². The van der Waals surface area contributed by atoms with E-state index in [9.17, 15) is 0 Å². The molecule has 3 heteroatoms. The van der Waals surface area contributed by atoms with Crippen molar-refractivity contribution in [3.63, 3.8) is 0 Å². The average molecular weight is 239 g/mol. The molecule has 1 saturated carbocycles. The highest BCUT2D eigenvalue weighted by atomic mass is 15.2. The molecule has 1 aliphatic heterocycles. The van der Waals surface area contributed by atoms with Gasteiger partial charge in [0.2, 0.25) is 0 Å². The summed E-state index contributed by atoms with van der Waals surface area (Å²) < 4.78 is 0. The molecule has 3 nitrogen and oxygen atoms in total. The Labute approximate surface area is 106 Å². The van der Waals surface area contributed by atoms with E-state index in [1.54, 1.807) is 0 Å². The summed E-state index contributed by atoms with van der Waals surface area (Å²) in [4.78, 5) is 2.60. The second-order valence-electron chi connectivity index (χ2n) is 6.26. The van der Waals surface area contributed by atoms with Crippen LogP contribution in [0.15, 0.2) is 0 Å². The van der Waals surface area contributed by atoms with Crippen molar-refractivity contribution in [3.8, 4) is 0 Å². The average Bonchev–Trinajstić information content (AvgIpc) is 2.77. The molecule has 3 N–H and O–H groups in total. The molecule has 17 heavy (non-hydrogen) atoms. The van der Waals surface area contributed by atoms with Gasteiger partial charge in [0.1, 0.15) is 0 Å². The zero-order chi connectivity index (χ0) is 12.3. The smallest absolute Gasteiger partial charge is 0.00683 e. The zero-order valence-electron chi connectivity index (χ0n) is 11.5. The number of hydrogen-bond donors (Lipinski definition) is 2. The fourth-order valence-corrected chi connectivity index (χ4v) is 3.15. The molecule has 0 bridgehead atoms. The third-order valence-corrected chi connectivity index (χ3v) is 4.51. The maximum absolute atomic E-state index is 5.93. The first kappa shape index (κ1) is 13.3. The van der Waals surface area contributed by atoms with Gasteiger partial charge in [0.25, 0.3) is 0 Å². The minimum atomic E-state index is 0.468. The summed E-state index contributed by atoms with van der Waals surface area (Å²) in [6, 6.07) is 1.92. The van der Waals surface area contributed by atoms with Crippen molar-refractivity contribution in [1.82, 2.24) is 10.2 Å². The Kier molecular flexibility index (Phi) is 4.83. The van der Waals surface area contributed by atoms with Crippen LogP contribution in [0.3, 0.4) is 0 Å². The predicted octanol–water partition coefficient (Wildman–Crippen LogP) is 1.58. The predicted molar refractivity (Wildman–Crippen MR) is 73.1 cm³/mol. The summed E-state index contributed by atoms with van der Waals surface area (Å²) in [6.07, 6.45) is 6.35. The molecular formula is C14H29N3. The van der Waals surface area contributed by atoms with Crippen LogP contribution in [0.25, 0.3) is 0 Å². The molecule has 1 saturated heterocycles. The van der Waals surface area contributed by atoms with Gasteiger partial charge in [0.15, 0.2) is 0 Å². The highest BCUT2D eigenvalue weighted by Crippen LogP contribution is 2.20. The maximum Gasteiger partial charge on any atom is 0.00683 e.